The standard InChI is InChI=1S/C20H28N2O/c23-20(11-4-1-2-5-12-20)13-8-16-22-15-6-3-10-19(22)18-9-7-14-21-17-18/h7,9,14,17,19,23H,1-6,10-12,15-16H2/p+1/t19-/m0/s1. The summed E-state index contributed by atoms with van der Waals surface area (Å²) in [5, 5.41) is 10.7. The molecule has 2 N–H and O–H groups in total. The highest BCUT2D eigenvalue weighted by atomic mass is 16.3. The normalized spacial score (nSPS) is 27.5. The van der Waals surface area contributed by atoms with Crippen molar-refractivity contribution in [3.8, 4) is 11.8 Å². The SMILES string of the molecule is OC1(C#CC[NH+]2CCCC[C@H]2c2cccnc2)CCCCCC1. The van der Waals surface area contributed by atoms with Gasteiger partial charge in [0.1, 0.15) is 18.2 Å². The molecule has 2 fully saturated rings. The van der Waals surface area contributed by atoms with Crippen LogP contribution in [0, 0.1) is 11.8 Å². The summed E-state index contributed by atoms with van der Waals surface area (Å²) in [6, 6.07) is 4.73. The predicted octanol–water partition coefficient (Wildman–Crippen LogP) is 2.28. The Bertz CT molecular complexity index is 538. The number of aromatic nitrogens is 1. The van der Waals surface area contributed by atoms with Crippen LogP contribution in [-0.2, 0) is 0 Å². The maximum atomic E-state index is 10.7. The monoisotopic (exact) mass is 313 g/mol. The lowest BCUT2D eigenvalue weighted by molar-refractivity contribution is -0.930. The molecule has 1 aliphatic heterocycles. The third-order valence-electron chi connectivity index (χ3n) is 5.39. The summed E-state index contributed by atoms with van der Waals surface area (Å²) >= 11 is 0. The molecule has 2 aliphatic rings. The van der Waals surface area contributed by atoms with Crippen LogP contribution in [0.4, 0.5) is 0 Å². The van der Waals surface area contributed by atoms with Gasteiger partial charge >= 0.3 is 0 Å². The van der Waals surface area contributed by atoms with E-state index in [-0.39, 0.29) is 0 Å². The van der Waals surface area contributed by atoms with Crippen molar-refractivity contribution in [1.82, 2.24) is 4.98 Å². The highest BCUT2D eigenvalue weighted by Crippen LogP contribution is 2.26. The predicted molar refractivity (Wildman–Crippen MR) is 92.0 cm³/mol. The van der Waals surface area contributed by atoms with Crippen molar-refractivity contribution in [1.29, 1.82) is 0 Å². The van der Waals surface area contributed by atoms with E-state index in [2.05, 4.69) is 22.9 Å². The van der Waals surface area contributed by atoms with Gasteiger partial charge in [0.15, 0.2) is 0 Å². The van der Waals surface area contributed by atoms with E-state index in [0.717, 1.165) is 32.2 Å². The number of piperidine rings is 1. The molecule has 0 bridgehead atoms. The van der Waals surface area contributed by atoms with Crippen LogP contribution in [0.5, 0.6) is 0 Å². The molecule has 1 saturated carbocycles. The topological polar surface area (TPSA) is 37.6 Å². The Morgan fingerprint density at radius 2 is 2.00 bits per heavy atom. The van der Waals surface area contributed by atoms with Crippen molar-refractivity contribution < 1.29 is 10.0 Å². The number of nitrogens with zero attached hydrogens (tertiary/aromatic N) is 1. The minimum atomic E-state index is -0.727. The van der Waals surface area contributed by atoms with Gasteiger partial charge in [0.25, 0.3) is 0 Å². The molecule has 0 radical (unpaired) electrons. The molecule has 3 heteroatoms. The molecule has 3 rings (SSSR count). The van der Waals surface area contributed by atoms with E-state index >= 15 is 0 Å². The van der Waals surface area contributed by atoms with E-state index in [1.807, 2.05) is 18.5 Å². The van der Waals surface area contributed by atoms with Gasteiger partial charge in [-0.1, -0.05) is 24.8 Å². The van der Waals surface area contributed by atoms with Crippen LogP contribution in [0.15, 0.2) is 24.5 Å². The van der Waals surface area contributed by atoms with E-state index in [9.17, 15) is 5.11 Å². The van der Waals surface area contributed by atoms with E-state index in [1.165, 1.54) is 49.1 Å². The first-order chi connectivity index (χ1) is 11.3. The second kappa shape index (κ2) is 7.95. The van der Waals surface area contributed by atoms with Gasteiger partial charge in [-0.05, 0) is 50.5 Å². The largest absolute Gasteiger partial charge is 0.378 e. The smallest absolute Gasteiger partial charge is 0.139 e. The van der Waals surface area contributed by atoms with Crippen molar-refractivity contribution in [3.63, 3.8) is 0 Å². The maximum Gasteiger partial charge on any atom is 0.139 e. The number of nitrogens with one attached hydrogen (secondary N) is 1. The molecular weight excluding hydrogens is 284 g/mol. The van der Waals surface area contributed by atoms with E-state index in [1.54, 1.807) is 0 Å². The summed E-state index contributed by atoms with van der Waals surface area (Å²) in [7, 11) is 0. The van der Waals surface area contributed by atoms with Gasteiger partial charge in [-0.25, -0.2) is 0 Å². The Labute approximate surface area is 140 Å². The van der Waals surface area contributed by atoms with Gasteiger partial charge in [0.05, 0.1) is 6.54 Å². The van der Waals surface area contributed by atoms with Crippen LogP contribution >= 0.6 is 0 Å². The van der Waals surface area contributed by atoms with Crippen LogP contribution in [0.2, 0.25) is 0 Å². The number of likely N-dealkylation sites (tertiary alicyclic amines) is 1. The fourth-order valence-corrected chi connectivity index (χ4v) is 4.04. The van der Waals surface area contributed by atoms with Crippen molar-refractivity contribution in [2.45, 2.75) is 69.4 Å². The first kappa shape index (κ1) is 16.5. The number of pyridine rings is 1. The average molecular weight is 313 g/mol. The van der Waals surface area contributed by atoms with Gasteiger partial charge in [0.2, 0.25) is 0 Å². The minimum absolute atomic E-state index is 0.510. The fraction of sp³-hybridized carbons (Fsp3) is 0.650. The van der Waals surface area contributed by atoms with Crippen molar-refractivity contribution >= 4 is 0 Å². The summed E-state index contributed by atoms with van der Waals surface area (Å²) in [6.07, 6.45) is 14.0. The first-order valence-corrected chi connectivity index (χ1v) is 9.24. The summed E-state index contributed by atoms with van der Waals surface area (Å²) < 4.78 is 0. The van der Waals surface area contributed by atoms with Gasteiger partial charge < -0.3 is 10.0 Å². The number of quaternary nitrogens is 1. The second-order valence-electron chi connectivity index (χ2n) is 7.17. The summed E-state index contributed by atoms with van der Waals surface area (Å²) in [5.41, 5.74) is 0.604. The molecule has 0 amide bonds. The highest BCUT2D eigenvalue weighted by molar-refractivity contribution is 5.15. The third-order valence-corrected chi connectivity index (χ3v) is 5.39. The van der Waals surface area contributed by atoms with Crippen molar-refractivity contribution in [3.05, 3.63) is 30.1 Å². The number of rotatable bonds is 2. The van der Waals surface area contributed by atoms with Gasteiger partial charge in [-0.2, -0.15) is 0 Å². The van der Waals surface area contributed by atoms with Crippen LogP contribution in [-0.4, -0.2) is 28.8 Å². The van der Waals surface area contributed by atoms with Gasteiger partial charge in [-0.3, -0.25) is 4.98 Å². The summed E-state index contributed by atoms with van der Waals surface area (Å²) in [6.45, 7) is 2.01. The molecule has 0 aromatic carbocycles. The first-order valence-electron chi connectivity index (χ1n) is 9.24. The van der Waals surface area contributed by atoms with Crippen molar-refractivity contribution in [2.75, 3.05) is 13.1 Å². The third kappa shape index (κ3) is 4.56. The zero-order chi connectivity index (χ0) is 16.0. The molecule has 1 aromatic rings. The summed E-state index contributed by atoms with van der Waals surface area (Å²) in [5.74, 6) is 6.56. The maximum absolute atomic E-state index is 10.7. The molecular formula is C20H29N2O+. The lowest BCUT2D eigenvalue weighted by Gasteiger charge is -2.31. The van der Waals surface area contributed by atoms with Crippen LogP contribution < -0.4 is 4.90 Å². The average Bonchev–Trinajstić information content (AvgIpc) is 2.81. The van der Waals surface area contributed by atoms with Crippen LogP contribution in [0.1, 0.15) is 69.4 Å². The Hall–Kier alpha value is -1.37. The number of hydrogen-bond acceptors (Lipinski definition) is 2. The lowest BCUT2D eigenvalue weighted by atomic mass is 9.94. The molecule has 1 aromatic heterocycles. The number of hydrogen-bond donors (Lipinski definition) is 2. The lowest BCUT2D eigenvalue weighted by Crippen LogP contribution is -3.13. The zero-order valence-electron chi connectivity index (χ0n) is 14.1. The van der Waals surface area contributed by atoms with Crippen LogP contribution in [0.25, 0.3) is 0 Å². The van der Waals surface area contributed by atoms with Crippen molar-refractivity contribution in [2.24, 2.45) is 0 Å². The quantitative estimate of drug-likeness (QED) is 0.649. The molecule has 1 unspecified atom stereocenters. The minimum Gasteiger partial charge on any atom is -0.378 e. The molecule has 1 aliphatic carbocycles. The molecule has 1 saturated heterocycles. The number of aliphatic hydroxyl groups is 1. The fourth-order valence-electron chi connectivity index (χ4n) is 4.04. The molecule has 124 valence electrons. The van der Waals surface area contributed by atoms with E-state index < -0.39 is 5.60 Å². The Morgan fingerprint density at radius 1 is 1.17 bits per heavy atom. The van der Waals surface area contributed by atoms with E-state index in [4.69, 9.17) is 0 Å². The molecule has 23 heavy (non-hydrogen) atoms. The van der Waals surface area contributed by atoms with Crippen LogP contribution in [0.3, 0.4) is 0 Å². The van der Waals surface area contributed by atoms with Gasteiger partial charge in [-0.15, -0.1) is 0 Å². The Balaban J connectivity index is 1.65. The molecule has 2 heterocycles. The molecule has 3 nitrogen and oxygen atoms in total. The Morgan fingerprint density at radius 3 is 2.74 bits per heavy atom. The Kier molecular flexibility index (Phi) is 5.70. The van der Waals surface area contributed by atoms with Gasteiger partial charge in [0, 0.05) is 24.4 Å². The molecule has 2 atom stereocenters. The molecule has 0 spiro atoms. The summed E-state index contributed by atoms with van der Waals surface area (Å²) in [4.78, 5) is 5.82. The second-order valence-corrected chi connectivity index (χ2v) is 7.17. The van der Waals surface area contributed by atoms with E-state index in [0.29, 0.717) is 6.04 Å². The highest BCUT2D eigenvalue weighted by Gasteiger charge is 2.28. The zero-order valence-corrected chi connectivity index (χ0v) is 14.1.